The molecule has 1 unspecified atom stereocenters. The molecule has 3 rings (SSSR count). The Morgan fingerprint density at radius 2 is 1.31 bits per heavy atom. The smallest absolute Gasteiger partial charge is 0.346 e. The van der Waals surface area contributed by atoms with Crippen LogP contribution >= 0.6 is 7.60 Å². The van der Waals surface area contributed by atoms with Crippen molar-refractivity contribution >= 4 is 17.7 Å². The Bertz CT molecular complexity index is 1170. The molecule has 0 saturated carbocycles. The van der Waals surface area contributed by atoms with E-state index in [9.17, 15) is 13.0 Å². The molecule has 0 aliphatic carbocycles. The Morgan fingerprint density at radius 3 is 1.88 bits per heavy atom. The Balaban J connectivity index is 1.58. The predicted molar refractivity (Wildman–Crippen MR) is 120 cm³/mol. The zero-order valence-corrected chi connectivity index (χ0v) is 18.7. The first-order valence-electron chi connectivity index (χ1n) is 9.72. The van der Waals surface area contributed by atoms with Gasteiger partial charge in [0.1, 0.15) is 23.0 Å². The van der Waals surface area contributed by atoms with Crippen molar-refractivity contribution in [3.05, 3.63) is 84.4 Å². The average Bonchev–Trinajstić information content (AvgIpc) is 2.72. The van der Waals surface area contributed by atoms with Gasteiger partial charge in [0, 0.05) is 0 Å². The van der Waals surface area contributed by atoms with Gasteiger partial charge in [-0.15, -0.1) is 0 Å². The Morgan fingerprint density at radius 1 is 0.781 bits per heavy atom. The first kappa shape index (κ1) is 24.0. The first-order chi connectivity index (χ1) is 15.1. The van der Waals surface area contributed by atoms with E-state index in [2.05, 4.69) is 0 Å². The number of hydrogen-bond acceptors (Lipinski definition) is 5. The molecule has 1 atom stereocenters. The summed E-state index contributed by atoms with van der Waals surface area (Å²) in [4.78, 5) is 16.2. The molecule has 0 aliphatic rings. The Labute approximate surface area is 186 Å². The highest BCUT2D eigenvalue weighted by Crippen LogP contribution is 2.46. The van der Waals surface area contributed by atoms with Crippen molar-refractivity contribution in [3.63, 3.8) is 0 Å². The maximum atomic E-state index is 11.3. The highest BCUT2D eigenvalue weighted by Gasteiger charge is 2.38. The normalized spacial score (nSPS) is 12.8. The van der Waals surface area contributed by atoms with Gasteiger partial charge in [0.2, 0.25) is 0 Å². The van der Waals surface area contributed by atoms with Gasteiger partial charge in [-0.05, 0) is 73.4 Å². The van der Waals surface area contributed by atoms with Gasteiger partial charge in [0.15, 0.2) is 4.99 Å². The van der Waals surface area contributed by atoms with E-state index in [1.165, 1.54) is 0 Å². The number of ether oxygens (including phenoxy) is 2. The molecule has 0 bridgehead atoms. The molecule has 3 aromatic rings. The maximum Gasteiger partial charge on any atom is 0.346 e. The van der Waals surface area contributed by atoms with Crippen LogP contribution in [0.3, 0.4) is 0 Å². The summed E-state index contributed by atoms with van der Waals surface area (Å²) in [5, 5.41) is 0. The van der Waals surface area contributed by atoms with E-state index < -0.39 is 22.7 Å². The molecular formula is C22H23O8PS. The lowest BCUT2D eigenvalue weighted by Gasteiger charge is -2.15. The second-order valence-corrected chi connectivity index (χ2v) is 10.8. The maximum absolute atomic E-state index is 11.3. The first-order valence-corrected chi connectivity index (χ1v) is 12.9. The fourth-order valence-electron chi connectivity index (χ4n) is 3.07. The molecule has 0 spiro atoms. The van der Waals surface area contributed by atoms with Crippen LogP contribution in [-0.2, 0) is 21.1 Å². The van der Waals surface area contributed by atoms with Gasteiger partial charge < -0.3 is 19.3 Å². The summed E-state index contributed by atoms with van der Waals surface area (Å²) in [6.45, 7) is 0. The van der Waals surface area contributed by atoms with Gasteiger partial charge in [0.05, 0.1) is 0 Å². The van der Waals surface area contributed by atoms with Crippen molar-refractivity contribution in [2.45, 2.75) is 24.3 Å². The van der Waals surface area contributed by atoms with Crippen LogP contribution in [0, 0.1) is 0 Å². The van der Waals surface area contributed by atoms with E-state index in [0.29, 0.717) is 23.7 Å². The number of rotatable bonds is 10. The summed E-state index contributed by atoms with van der Waals surface area (Å²) in [5.41, 5.74) is 0.798. The molecule has 0 aromatic heterocycles. The molecule has 3 aromatic carbocycles. The predicted octanol–water partition coefficient (Wildman–Crippen LogP) is 4.99. The third-order valence-electron chi connectivity index (χ3n) is 4.57. The molecule has 0 amide bonds. The molecular weight excluding hydrogens is 455 g/mol. The van der Waals surface area contributed by atoms with E-state index >= 15 is 0 Å². The summed E-state index contributed by atoms with van der Waals surface area (Å²) in [6.07, 6.45) is 0.148. The van der Waals surface area contributed by atoms with Crippen molar-refractivity contribution in [3.8, 4) is 23.0 Å². The van der Waals surface area contributed by atoms with Crippen molar-refractivity contribution < 1.29 is 36.8 Å². The molecule has 0 radical (unpaired) electrons. The van der Waals surface area contributed by atoms with Crippen LogP contribution in [-0.4, -0.2) is 27.7 Å². The minimum absolute atomic E-state index is 0.157. The molecule has 8 nitrogen and oxygen atoms in total. The SMILES string of the molecule is O=P(O)(O)C(CCCc1cccc(Oc2ccc(Oc3ccccc3)cc2)c1)S(=O)(=O)O. The summed E-state index contributed by atoms with van der Waals surface area (Å²) in [5.74, 6) is 2.54. The van der Waals surface area contributed by atoms with Crippen LogP contribution in [0.2, 0.25) is 0 Å². The van der Waals surface area contributed by atoms with Gasteiger partial charge in [-0.25, -0.2) is 0 Å². The molecule has 170 valence electrons. The quantitative estimate of drug-likeness (QED) is 0.275. The molecule has 32 heavy (non-hydrogen) atoms. The van der Waals surface area contributed by atoms with Crippen LogP contribution < -0.4 is 9.47 Å². The minimum Gasteiger partial charge on any atom is -0.457 e. The standard InChI is InChI=1S/C22H23O8PS/c23-31(24,25)22(32(26,27)28)11-5-7-17-6-4-10-21(16-17)30-20-14-12-19(13-15-20)29-18-8-2-1-3-9-18/h1-4,6,8-10,12-16,22H,5,7,11H2,(H2,23,24,25)(H,26,27,28). The van der Waals surface area contributed by atoms with Gasteiger partial charge in [-0.2, -0.15) is 8.42 Å². The van der Waals surface area contributed by atoms with Crippen LogP contribution in [0.25, 0.3) is 0 Å². The second kappa shape index (κ2) is 10.3. The monoisotopic (exact) mass is 478 g/mol. The van der Waals surface area contributed by atoms with E-state index in [-0.39, 0.29) is 12.8 Å². The fraction of sp³-hybridized carbons (Fsp3) is 0.182. The zero-order chi connectivity index (χ0) is 23.2. The minimum atomic E-state index is -4.97. The average molecular weight is 478 g/mol. The lowest BCUT2D eigenvalue weighted by atomic mass is 10.1. The largest absolute Gasteiger partial charge is 0.457 e. The zero-order valence-electron chi connectivity index (χ0n) is 16.9. The second-order valence-electron chi connectivity index (χ2n) is 7.09. The van der Waals surface area contributed by atoms with E-state index in [1.807, 2.05) is 30.3 Å². The van der Waals surface area contributed by atoms with Gasteiger partial charge in [0.25, 0.3) is 10.1 Å². The number of aryl methyl sites for hydroxylation is 1. The van der Waals surface area contributed by atoms with E-state index in [0.717, 1.165) is 11.3 Å². The molecule has 0 fully saturated rings. The third kappa shape index (κ3) is 7.19. The van der Waals surface area contributed by atoms with Crippen molar-refractivity contribution in [1.29, 1.82) is 0 Å². The van der Waals surface area contributed by atoms with E-state index in [1.54, 1.807) is 48.5 Å². The highest BCUT2D eigenvalue weighted by atomic mass is 32.2. The van der Waals surface area contributed by atoms with Crippen LogP contribution in [0.4, 0.5) is 0 Å². The molecule has 0 aliphatic heterocycles. The topological polar surface area (TPSA) is 130 Å². The van der Waals surface area contributed by atoms with Crippen molar-refractivity contribution in [1.82, 2.24) is 0 Å². The van der Waals surface area contributed by atoms with Crippen LogP contribution in [0.1, 0.15) is 18.4 Å². The summed E-state index contributed by atoms with van der Waals surface area (Å²) < 4.78 is 54.5. The van der Waals surface area contributed by atoms with Crippen molar-refractivity contribution in [2.75, 3.05) is 0 Å². The van der Waals surface area contributed by atoms with Crippen LogP contribution in [0.5, 0.6) is 23.0 Å². The Kier molecular flexibility index (Phi) is 7.71. The molecule has 10 heteroatoms. The number of hydrogen-bond donors (Lipinski definition) is 3. The fourth-order valence-corrected chi connectivity index (χ4v) is 5.44. The number of benzene rings is 3. The molecule has 3 N–H and O–H groups in total. The van der Waals surface area contributed by atoms with Crippen LogP contribution in [0.15, 0.2) is 78.9 Å². The summed E-state index contributed by atoms with van der Waals surface area (Å²) in [7, 11) is -9.82. The van der Waals surface area contributed by atoms with Gasteiger partial charge in [-0.3, -0.25) is 9.12 Å². The Hall–Kier alpha value is -2.68. The van der Waals surface area contributed by atoms with Gasteiger partial charge >= 0.3 is 7.60 Å². The van der Waals surface area contributed by atoms with E-state index in [4.69, 9.17) is 23.8 Å². The number of para-hydroxylation sites is 1. The third-order valence-corrected chi connectivity index (χ3v) is 8.13. The molecule has 0 saturated heterocycles. The lowest BCUT2D eigenvalue weighted by Crippen LogP contribution is -2.20. The lowest BCUT2D eigenvalue weighted by molar-refractivity contribution is 0.360. The summed E-state index contributed by atoms with van der Waals surface area (Å²) >= 11 is 0. The van der Waals surface area contributed by atoms with Crippen molar-refractivity contribution in [2.24, 2.45) is 0 Å². The highest BCUT2D eigenvalue weighted by molar-refractivity contribution is 7.93. The summed E-state index contributed by atoms with van der Waals surface area (Å²) in [6, 6.07) is 23.6. The molecule has 0 heterocycles. The van der Waals surface area contributed by atoms with Gasteiger partial charge in [-0.1, -0.05) is 30.3 Å².